The SMILES string of the molecule is Cc1cccc(C)c1NCC(=O)N[C@@H]1[C@@H]2CCO[C@@H]2C12CCC2. The molecule has 4 heteroatoms. The molecule has 3 aliphatic rings. The fourth-order valence-corrected chi connectivity index (χ4v) is 4.94. The van der Waals surface area contributed by atoms with Crippen LogP contribution in [0.25, 0.3) is 0 Å². The molecule has 2 saturated carbocycles. The van der Waals surface area contributed by atoms with Gasteiger partial charge in [-0.05, 0) is 44.2 Å². The van der Waals surface area contributed by atoms with Gasteiger partial charge in [0.15, 0.2) is 0 Å². The lowest BCUT2D eigenvalue weighted by Gasteiger charge is -2.63. The van der Waals surface area contributed by atoms with E-state index in [0.717, 1.165) is 18.7 Å². The number of ether oxygens (including phenoxy) is 1. The van der Waals surface area contributed by atoms with Crippen LogP contribution in [0.4, 0.5) is 5.69 Å². The van der Waals surface area contributed by atoms with E-state index in [2.05, 4.69) is 36.6 Å². The molecular weight excluding hydrogens is 288 g/mol. The third kappa shape index (κ3) is 2.26. The summed E-state index contributed by atoms with van der Waals surface area (Å²) in [7, 11) is 0. The van der Waals surface area contributed by atoms with E-state index in [9.17, 15) is 4.79 Å². The van der Waals surface area contributed by atoms with Gasteiger partial charge in [0.1, 0.15) is 0 Å². The summed E-state index contributed by atoms with van der Waals surface area (Å²) >= 11 is 0. The van der Waals surface area contributed by atoms with Crippen molar-refractivity contribution in [3.8, 4) is 0 Å². The van der Waals surface area contributed by atoms with E-state index in [1.54, 1.807) is 0 Å². The summed E-state index contributed by atoms with van der Waals surface area (Å²) in [5.41, 5.74) is 3.70. The highest BCUT2D eigenvalue weighted by Gasteiger charge is 2.66. The van der Waals surface area contributed by atoms with Crippen molar-refractivity contribution in [1.82, 2.24) is 5.32 Å². The van der Waals surface area contributed by atoms with Crippen LogP contribution in [-0.2, 0) is 9.53 Å². The number of para-hydroxylation sites is 1. The first-order valence-corrected chi connectivity index (χ1v) is 8.83. The molecule has 1 heterocycles. The molecule has 0 radical (unpaired) electrons. The number of rotatable bonds is 4. The Bertz CT molecular complexity index is 604. The van der Waals surface area contributed by atoms with Crippen molar-refractivity contribution in [2.45, 2.75) is 51.7 Å². The van der Waals surface area contributed by atoms with Crippen LogP contribution in [0, 0.1) is 25.2 Å². The maximum atomic E-state index is 12.4. The predicted octanol–water partition coefficient (Wildman–Crippen LogP) is 2.79. The van der Waals surface area contributed by atoms with Gasteiger partial charge in [-0.25, -0.2) is 0 Å². The van der Waals surface area contributed by atoms with E-state index in [1.165, 1.54) is 30.4 Å². The summed E-state index contributed by atoms with van der Waals surface area (Å²) in [5.74, 6) is 0.647. The monoisotopic (exact) mass is 314 g/mol. The van der Waals surface area contributed by atoms with Crippen molar-refractivity contribution in [3.05, 3.63) is 29.3 Å². The van der Waals surface area contributed by atoms with Crippen LogP contribution < -0.4 is 10.6 Å². The fraction of sp³-hybridized carbons (Fsp3) is 0.632. The van der Waals surface area contributed by atoms with E-state index < -0.39 is 0 Å². The summed E-state index contributed by atoms with van der Waals surface area (Å²) in [6, 6.07) is 6.52. The molecule has 1 amide bonds. The van der Waals surface area contributed by atoms with E-state index in [-0.39, 0.29) is 11.3 Å². The Hall–Kier alpha value is -1.55. The van der Waals surface area contributed by atoms with Gasteiger partial charge < -0.3 is 15.4 Å². The van der Waals surface area contributed by atoms with E-state index in [0.29, 0.717) is 24.6 Å². The predicted molar refractivity (Wildman–Crippen MR) is 90.5 cm³/mol. The summed E-state index contributed by atoms with van der Waals surface area (Å²) in [5, 5.41) is 6.62. The second kappa shape index (κ2) is 5.52. The number of carbonyl (C=O) groups is 1. The van der Waals surface area contributed by atoms with E-state index >= 15 is 0 Å². The van der Waals surface area contributed by atoms with Gasteiger partial charge in [0, 0.05) is 29.7 Å². The lowest BCUT2D eigenvalue weighted by Crippen LogP contribution is -2.72. The molecule has 4 nitrogen and oxygen atoms in total. The first-order chi connectivity index (χ1) is 11.1. The van der Waals surface area contributed by atoms with Crippen molar-refractivity contribution in [2.24, 2.45) is 11.3 Å². The molecule has 124 valence electrons. The van der Waals surface area contributed by atoms with E-state index in [4.69, 9.17) is 4.74 Å². The van der Waals surface area contributed by atoms with Gasteiger partial charge in [-0.2, -0.15) is 0 Å². The Labute approximate surface area is 138 Å². The number of aryl methyl sites for hydroxylation is 2. The average molecular weight is 314 g/mol. The standard InChI is InChI=1S/C19H26N2O2/c1-12-5-3-6-13(2)16(12)20-11-15(22)21-17-14-7-10-23-18(14)19(17)8-4-9-19/h3,5-6,14,17-18,20H,4,7-11H2,1-2H3,(H,21,22)/t14-,17+,18-/m0/s1. The molecule has 3 atom stereocenters. The molecule has 1 aliphatic heterocycles. The third-order valence-electron chi connectivity index (χ3n) is 6.26. The largest absolute Gasteiger partial charge is 0.377 e. The number of fused-ring (bicyclic) bond motifs is 2. The summed E-state index contributed by atoms with van der Waals surface area (Å²) in [4.78, 5) is 12.4. The van der Waals surface area contributed by atoms with Crippen LogP contribution in [0.5, 0.6) is 0 Å². The third-order valence-corrected chi connectivity index (χ3v) is 6.26. The van der Waals surface area contributed by atoms with Crippen molar-refractivity contribution < 1.29 is 9.53 Å². The number of nitrogens with one attached hydrogen (secondary N) is 2. The molecule has 23 heavy (non-hydrogen) atoms. The second-order valence-corrected chi connectivity index (χ2v) is 7.50. The highest BCUT2D eigenvalue weighted by molar-refractivity contribution is 5.82. The Kier molecular flexibility index (Phi) is 3.60. The quantitative estimate of drug-likeness (QED) is 0.898. The second-order valence-electron chi connectivity index (χ2n) is 7.50. The molecule has 1 saturated heterocycles. The molecule has 3 fully saturated rings. The number of benzene rings is 1. The minimum absolute atomic E-state index is 0.106. The van der Waals surface area contributed by atoms with Crippen LogP contribution in [-0.4, -0.2) is 31.2 Å². The first kappa shape index (κ1) is 15.0. The van der Waals surface area contributed by atoms with Crippen molar-refractivity contribution in [2.75, 3.05) is 18.5 Å². The highest BCUT2D eigenvalue weighted by Crippen LogP contribution is 2.62. The zero-order valence-electron chi connectivity index (χ0n) is 14.0. The van der Waals surface area contributed by atoms with Gasteiger partial charge in [0.05, 0.1) is 12.6 Å². The topological polar surface area (TPSA) is 50.4 Å². The van der Waals surface area contributed by atoms with Gasteiger partial charge >= 0.3 is 0 Å². The fourth-order valence-electron chi connectivity index (χ4n) is 4.94. The zero-order valence-corrected chi connectivity index (χ0v) is 14.0. The summed E-state index contributed by atoms with van der Waals surface area (Å²) in [6.45, 7) is 5.35. The van der Waals surface area contributed by atoms with Crippen LogP contribution in [0.15, 0.2) is 18.2 Å². The van der Waals surface area contributed by atoms with Crippen LogP contribution in [0.3, 0.4) is 0 Å². The highest BCUT2D eigenvalue weighted by atomic mass is 16.5. The Morgan fingerprint density at radius 1 is 1.30 bits per heavy atom. The minimum Gasteiger partial charge on any atom is -0.377 e. The van der Waals surface area contributed by atoms with E-state index in [1.807, 2.05) is 6.07 Å². The molecule has 1 aromatic rings. The smallest absolute Gasteiger partial charge is 0.239 e. The Morgan fingerprint density at radius 3 is 2.70 bits per heavy atom. The van der Waals surface area contributed by atoms with Gasteiger partial charge in [-0.1, -0.05) is 24.6 Å². The normalized spacial score (nSPS) is 30.3. The Morgan fingerprint density at radius 2 is 2.04 bits per heavy atom. The molecular formula is C19H26N2O2. The van der Waals surface area contributed by atoms with Gasteiger partial charge in [-0.3, -0.25) is 4.79 Å². The summed E-state index contributed by atoms with van der Waals surface area (Å²) < 4.78 is 5.92. The minimum atomic E-state index is 0.106. The first-order valence-electron chi connectivity index (χ1n) is 8.83. The van der Waals surface area contributed by atoms with Gasteiger partial charge in [0.2, 0.25) is 5.91 Å². The Balaban J connectivity index is 1.37. The maximum absolute atomic E-state index is 12.4. The van der Waals surface area contributed by atoms with Gasteiger partial charge in [0.25, 0.3) is 0 Å². The van der Waals surface area contributed by atoms with Crippen molar-refractivity contribution in [3.63, 3.8) is 0 Å². The number of hydrogen-bond acceptors (Lipinski definition) is 3. The van der Waals surface area contributed by atoms with Crippen LogP contribution in [0.2, 0.25) is 0 Å². The molecule has 0 unspecified atom stereocenters. The van der Waals surface area contributed by atoms with Crippen molar-refractivity contribution >= 4 is 11.6 Å². The van der Waals surface area contributed by atoms with Crippen LogP contribution >= 0.6 is 0 Å². The molecule has 1 aromatic carbocycles. The molecule has 0 bridgehead atoms. The molecule has 1 spiro atoms. The number of anilines is 1. The lowest BCUT2D eigenvalue weighted by molar-refractivity contribution is -0.178. The van der Waals surface area contributed by atoms with Crippen molar-refractivity contribution in [1.29, 1.82) is 0 Å². The average Bonchev–Trinajstić information content (AvgIpc) is 2.88. The summed E-state index contributed by atoms with van der Waals surface area (Å²) in [6.07, 6.45) is 5.21. The zero-order chi connectivity index (χ0) is 16.0. The molecule has 0 aromatic heterocycles. The lowest BCUT2D eigenvalue weighted by atomic mass is 9.46. The number of carbonyl (C=O) groups excluding carboxylic acids is 1. The van der Waals surface area contributed by atoms with Gasteiger partial charge in [-0.15, -0.1) is 0 Å². The molecule has 2 aliphatic carbocycles. The molecule has 2 N–H and O–H groups in total. The number of amides is 1. The number of hydrogen-bond donors (Lipinski definition) is 2. The van der Waals surface area contributed by atoms with Crippen LogP contribution in [0.1, 0.15) is 36.8 Å². The molecule has 4 rings (SSSR count). The maximum Gasteiger partial charge on any atom is 0.239 e.